The van der Waals surface area contributed by atoms with Crippen molar-refractivity contribution in [3.05, 3.63) is 28.2 Å². The molecule has 0 aliphatic carbocycles. The van der Waals surface area contributed by atoms with Gasteiger partial charge in [-0.25, -0.2) is 5.10 Å². The van der Waals surface area contributed by atoms with E-state index in [1.165, 1.54) is 12.1 Å². The third kappa shape index (κ3) is 4.37. The molecule has 2 N–H and O–H groups in total. The van der Waals surface area contributed by atoms with Crippen molar-refractivity contribution in [1.29, 1.82) is 0 Å². The predicted octanol–water partition coefficient (Wildman–Crippen LogP) is -0.00260. The number of amides is 1. The SMILES string of the molecule is C[C@@H]1CN([C@@H](C)CNC(=O)c2ccc(=O)[nH]n2)C[C@H](C)O1. The Balaban J connectivity index is 1.85. The molecule has 2 rings (SSSR count). The first kappa shape index (κ1) is 15.7. The fourth-order valence-electron chi connectivity index (χ4n) is 2.51. The van der Waals surface area contributed by atoms with Crippen molar-refractivity contribution in [3.8, 4) is 0 Å². The van der Waals surface area contributed by atoms with Gasteiger partial charge in [0.25, 0.3) is 11.5 Å². The Morgan fingerprint density at radius 1 is 1.48 bits per heavy atom. The molecule has 1 aromatic rings. The van der Waals surface area contributed by atoms with Gasteiger partial charge in [-0.05, 0) is 26.8 Å². The van der Waals surface area contributed by atoms with Crippen LogP contribution in [-0.4, -0.2) is 58.9 Å². The average molecular weight is 294 g/mol. The van der Waals surface area contributed by atoms with Crippen LogP contribution < -0.4 is 10.9 Å². The van der Waals surface area contributed by atoms with Crippen molar-refractivity contribution < 1.29 is 9.53 Å². The summed E-state index contributed by atoms with van der Waals surface area (Å²) in [6.45, 7) is 8.43. The van der Waals surface area contributed by atoms with Crippen LogP contribution in [0.1, 0.15) is 31.3 Å². The first-order chi connectivity index (χ1) is 9.95. The van der Waals surface area contributed by atoms with Crippen LogP contribution in [0.15, 0.2) is 16.9 Å². The molecule has 0 aromatic carbocycles. The average Bonchev–Trinajstić information content (AvgIpc) is 2.44. The van der Waals surface area contributed by atoms with Gasteiger partial charge in [0.15, 0.2) is 0 Å². The number of carbonyl (C=O) groups excluding carboxylic acids is 1. The molecule has 7 heteroatoms. The second-order valence-corrected chi connectivity index (χ2v) is 5.58. The minimum atomic E-state index is -0.323. The molecule has 0 unspecified atom stereocenters. The number of nitrogens with one attached hydrogen (secondary N) is 2. The van der Waals surface area contributed by atoms with E-state index in [2.05, 4.69) is 41.2 Å². The minimum absolute atomic E-state index is 0.202. The quantitative estimate of drug-likeness (QED) is 0.816. The highest BCUT2D eigenvalue weighted by molar-refractivity contribution is 5.91. The van der Waals surface area contributed by atoms with E-state index in [1.807, 2.05) is 0 Å². The lowest BCUT2D eigenvalue weighted by molar-refractivity contribution is -0.0778. The summed E-state index contributed by atoms with van der Waals surface area (Å²) in [4.78, 5) is 25.1. The summed E-state index contributed by atoms with van der Waals surface area (Å²) in [7, 11) is 0. The molecular formula is C14H22N4O3. The molecule has 1 aromatic heterocycles. The standard InChI is InChI=1S/C14H22N4O3/c1-9(18-7-10(2)21-11(3)8-18)6-15-14(20)12-4-5-13(19)17-16-12/h4-5,9-11H,6-8H2,1-3H3,(H,15,20)(H,17,19)/t9-,10-,11+/m0/s1. The monoisotopic (exact) mass is 294 g/mol. The van der Waals surface area contributed by atoms with E-state index in [9.17, 15) is 9.59 Å². The normalized spacial score (nSPS) is 24.5. The van der Waals surface area contributed by atoms with Gasteiger partial charge < -0.3 is 10.1 Å². The maximum absolute atomic E-state index is 11.9. The number of ether oxygens (including phenoxy) is 1. The number of nitrogens with zero attached hydrogens (tertiary/aromatic N) is 2. The third-order valence-electron chi connectivity index (χ3n) is 3.54. The topological polar surface area (TPSA) is 87.3 Å². The molecule has 1 saturated heterocycles. The number of aromatic nitrogens is 2. The van der Waals surface area contributed by atoms with Crippen LogP contribution in [0.3, 0.4) is 0 Å². The first-order valence-corrected chi connectivity index (χ1v) is 7.19. The smallest absolute Gasteiger partial charge is 0.271 e. The Kier molecular flexibility index (Phi) is 5.08. The highest BCUT2D eigenvalue weighted by atomic mass is 16.5. The number of hydrogen-bond donors (Lipinski definition) is 2. The molecule has 0 spiro atoms. The second kappa shape index (κ2) is 6.82. The first-order valence-electron chi connectivity index (χ1n) is 7.19. The molecule has 7 nitrogen and oxygen atoms in total. The zero-order chi connectivity index (χ0) is 15.4. The van der Waals surface area contributed by atoms with E-state index in [4.69, 9.17) is 4.74 Å². The number of hydrogen-bond acceptors (Lipinski definition) is 5. The Morgan fingerprint density at radius 2 is 2.14 bits per heavy atom. The summed E-state index contributed by atoms with van der Waals surface area (Å²) in [5.74, 6) is -0.285. The van der Waals surface area contributed by atoms with Gasteiger partial charge in [-0.15, -0.1) is 0 Å². The molecule has 0 bridgehead atoms. The van der Waals surface area contributed by atoms with E-state index < -0.39 is 0 Å². The molecule has 21 heavy (non-hydrogen) atoms. The van der Waals surface area contributed by atoms with Gasteiger partial charge in [0.05, 0.1) is 12.2 Å². The molecule has 0 radical (unpaired) electrons. The molecular weight excluding hydrogens is 272 g/mol. The zero-order valence-corrected chi connectivity index (χ0v) is 12.6. The van der Waals surface area contributed by atoms with Crippen LogP contribution in [0.5, 0.6) is 0 Å². The van der Waals surface area contributed by atoms with Crippen LogP contribution in [0.2, 0.25) is 0 Å². The van der Waals surface area contributed by atoms with Crippen molar-refractivity contribution in [2.45, 2.75) is 39.0 Å². The Morgan fingerprint density at radius 3 is 2.71 bits per heavy atom. The van der Waals surface area contributed by atoms with E-state index in [0.717, 1.165) is 13.1 Å². The molecule has 3 atom stereocenters. The number of morpholine rings is 1. The summed E-state index contributed by atoms with van der Waals surface area (Å²) >= 11 is 0. The van der Waals surface area contributed by atoms with Crippen molar-refractivity contribution in [3.63, 3.8) is 0 Å². The van der Waals surface area contributed by atoms with E-state index in [-0.39, 0.29) is 35.4 Å². The van der Waals surface area contributed by atoms with Crippen LogP contribution in [0, 0.1) is 0 Å². The van der Waals surface area contributed by atoms with Gasteiger partial charge in [0.1, 0.15) is 5.69 Å². The number of aromatic amines is 1. The number of H-pyrrole nitrogens is 1. The minimum Gasteiger partial charge on any atom is -0.373 e. The molecule has 0 saturated carbocycles. The highest BCUT2D eigenvalue weighted by Gasteiger charge is 2.25. The maximum atomic E-state index is 11.9. The maximum Gasteiger partial charge on any atom is 0.271 e. The van der Waals surface area contributed by atoms with Gasteiger partial charge in [0, 0.05) is 31.7 Å². The van der Waals surface area contributed by atoms with Crippen molar-refractivity contribution in [2.75, 3.05) is 19.6 Å². The molecule has 1 amide bonds. The van der Waals surface area contributed by atoms with Gasteiger partial charge >= 0.3 is 0 Å². The van der Waals surface area contributed by atoms with Gasteiger partial charge in [-0.3, -0.25) is 14.5 Å². The summed E-state index contributed by atoms with van der Waals surface area (Å²) in [5.41, 5.74) is -0.110. The van der Waals surface area contributed by atoms with Crippen LogP contribution in [-0.2, 0) is 4.74 Å². The van der Waals surface area contributed by atoms with Gasteiger partial charge in [-0.1, -0.05) is 0 Å². The largest absolute Gasteiger partial charge is 0.373 e. The lowest BCUT2D eigenvalue weighted by Crippen LogP contribution is -2.52. The van der Waals surface area contributed by atoms with E-state index >= 15 is 0 Å². The Bertz CT molecular complexity index is 515. The van der Waals surface area contributed by atoms with Crippen molar-refractivity contribution in [2.24, 2.45) is 0 Å². The van der Waals surface area contributed by atoms with Gasteiger partial charge in [-0.2, -0.15) is 5.10 Å². The Hall–Kier alpha value is -1.73. The third-order valence-corrected chi connectivity index (χ3v) is 3.54. The summed E-state index contributed by atoms with van der Waals surface area (Å²) < 4.78 is 5.70. The van der Waals surface area contributed by atoms with Crippen molar-refractivity contribution >= 4 is 5.91 Å². The van der Waals surface area contributed by atoms with Crippen LogP contribution in [0.4, 0.5) is 0 Å². The summed E-state index contributed by atoms with van der Waals surface area (Å²) in [5, 5.41) is 8.80. The summed E-state index contributed by atoms with van der Waals surface area (Å²) in [6.07, 6.45) is 0.403. The van der Waals surface area contributed by atoms with Gasteiger partial charge in [0.2, 0.25) is 0 Å². The molecule has 1 fully saturated rings. The highest BCUT2D eigenvalue weighted by Crippen LogP contribution is 2.13. The van der Waals surface area contributed by atoms with Crippen molar-refractivity contribution in [1.82, 2.24) is 20.4 Å². The lowest BCUT2D eigenvalue weighted by atomic mass is 10.1. The molecule has 1 aliphatic rings. The summed E-state index contributed by atoms with van der Waals surface area (Å²) in [6, 6.07) is 2.92. The number of rotatable bonds is 4. The van der Waals surface area contributed by atoms with Crippen LogP contribution >= 0.6 is 0 Å². The lowest BCUT2D eigenvalue weighted by Gasteiger charge is -2.38. The second-order valence-electron chi connectivity index (χ2n) is 5.58. The Labute approximate surface area is 123 Å². The zero-order valence-electron chi connectivity index (χ0n) is 12.6. The van der Waals surface area contributed by atoms with E-state index in [0.29, 0.717) is 6.54 Å². The molecule has 116 valence electrons. The molecule has 2 heterocycles. The fraction of sp³-hybridized carbons (Fsp3) is 0.643. The number of carbonyl (C=O) groups is 1. The predicted molar refractivity (Wildman–Crippen MR) is 78.2 cm³/mol. The van der Waals surface area contributed by atoms with Crippen LogP contribution in [0.25, 0.3) is 0 Å². The fourth-order valence-corrected chi connectivity index (χ4v) is 2.51. The van der Waals surface area contributed by atoms with E-state index in [1.54, 1.807) is 0 Å². The molecule has 1 aliphatic heterocycles.